The van der Waals surface area contributed by atoms with E-state index in [0.29, 0.717) is 6.54 Å². The zero-order valence-corrected chi connectivity index (χ0v) is 9.79. The second kappa shape index (κ2) is 5.13. The minimum Gasteiger partial charge on any atom is -0.330 e. The Labute approximate surface area is 93.0 Å². The van der Waals surface area contributed by atoms with Gasteiger partial charge >= 0.3 is 0 Å². The summed E-state index contributed by atoms with van der Waals surface area (Å²) in [5.41, 5.74) is 8.62. The van der Waals surface area contributed by atoms with Crippen molar-refractivity contribution in [1.82, 2.24) is 0 Å². The van der Waals surface area contributed by atoms with Crippen LogP contribution in [0.4, 0.5) is 0 Å². The van der Waals surface area contributed by atoms with Crippen molar-refractivity contribution < 1.29 is 0 Å². The Kier molecular flexibility index (Phi) is 4.10. The van der Waals surface area contributed by atoms with Crippen molar-refractivity contribution in [1.29, 1.82) is 0 Å². The zero-order chi connectivity index (χ0) is 11.3. The molecule has 2 N–H and O–H groups in total. The standard InChI is InChI=1S/C14H21N/c1-4-12-9-7-8-10-13(12)14(5-2,6-3)11-15/h4,7-10H,1,5-6,11,15H2,2-3H3. The van der Waals surface area contributed by atoms with Crippen molar-refractivity contribution in [2.24, 2.45) is 5.73 Å². The summed E-state index contributed by atoms with van der Waals surface area (Å²) < 4.78 is 0. The fraction of sp³-hybridized carbons (Fsp3) is 0.429. The smallest absolute Gasteiger partial charge is 0.00762 e. The molecular weight excluding hydrogens is 182 g/mol. The van der Waals surface area contributed by atoms with Crippen LogP contribution in [-0.4, -0.2) is 6.54 Å². The molecule has 1 rings (SSSR count). The van der Waals surface area contributed by atoms with E-state index in [0.717, 1.165) is 12.8 Å². The van der Waals surface area contributed by atoms with Gasteiger partial charge in [-0.05, 0) is 24.0 Å². The third kappa shape index (κ3) is 2.13. The lowest BCUT2D eigenvalue weighted by atomic mass is 9.74. The molecule has 0 bridgehead atoms. The summed E-state index contributed by atoms with van der Waals surface area (Å²) in [6.45, 7) is 8.98. The summed E-state index contributed by atoms with van der Waals surface area (Å²) in [4.78, 5) is 0. The Morgan fingerprint density at radius 1 is 1.27 bits per heavy atom. The van der Waals surface area contributed by atoms with E-state index in [9.17, 15) is 0 Å². The minimum absolute atomic E-state index is 0.116. The number of nitrogens with two attached hydrogens (primary N) is 1. The zero-order valence-electron chi connectivity index (χ0n) is 9.79. The van der Waals surface area contributed by atoms with E-state index in [4.69, 9.17) is 5.73 Å². The molecule has 0 aliphatic carbocycles. The Morgan fingerprint density at radius 2 is 1.87 bits per heavy atom. The van der Waals surface area contributed by atoms with E-state index in [-0.39, 0.29) is 5.41 Å². The quantitative estimate of drug-likeness (QED) is 0.780. The van der Waals surface area contributed by atoms with Crippen LogP contribution in [0, 0.1) is 0 Å². The number of hydrogen-bond acceptors (Lipinski definition) is 1. The molecule has 15 heavy (non-hydrogen) atoms. The SMILES string of the molecule is C=Cc1ccccc1C(CC)(CC)CN. The van der Waals surface area contributed by atoms with Crippen molar-refractivity contribution in [2.45, 2.75) is 32.1 Å². The lowest BCUT2D eigenvalue weighted by Gasteiger charge is -2.32. The van der Waals surface area contributed by atoms with Crippen LogP contribution >= 0.6 is 0 Å². The Morgan fingerprint density at radius 3 is 2.33 bits per heavy atom. The molecule has 0 unspecified atom stereocenters. The van der Waals surface area contributed by atoms with Gasteiger partial charge in [0.05, 0.1) is 0 Å². The van der Waals surface area contributed by atoms with Gasteiger partial charge < -0.3 is 5.73 Å². The summed E-state index contributed by atoms with van der Waals surface area (Å²) in [6, 6.07) is 8.42. The van der Waals surface area contributed by atoms with E-state index in [1.165, 1.54) is 11.1 Å². The molecule has 0 aliphatic rings. The predicted molar refractivity (Wildman–Crippen MR) is 67.8 cm³/mol. The van der Waals surface area contributed by atoms with Gasteiger partial charge in [0.25, 0.3) is 0 Å². The van der Waals surface area contributed by atoms with Crippen LogP contribution in [0.15, 0.2) is 30.8 Å². The Bertz CT molecular complexity index is 316. The van der Waals surface area contributed by atoms with Crippen LogP contribution in [0.25, 0.3) is 6.08 Å². The van der Waals surface area contributed by atoms with Crippen LogP contribution in [-0.2, 0) is 5.41 Å². The first-order chi connectivity index (χ1) is 7.24. The van der Waals surface area contributed by atoms with Gasteiger partial charge in [-0.1, -0.05) is 50.8 Å². The molecule has 0 heterocycles. The highest BCUT2D eigenvalue weighted by Gasteiger charge is 2.27. The van der Waals surface area contributed by atoms with Crippen LogP contribution in [0.5, 0.6) is 0 Å². The molecule has 0 saturated heterocycles. The fourth-order valence-corrected chi connectivity index (χ4v) is 2.19. The predicted octanol–water partition coefficient (Wildman–Crippen LogP) is 3.35. The van der Waals surface area contributed by atoms with Crippen molar-refractivity contribution in [2.75, 3.05) is 6.54 Å². The monoisotopic (exact) mass is 203 g/mol. The molecular formula is C14H21N. The van der Waals surface area contributed by atoms with Gasteiger partial charge in [0, 0.05) is 12.0 Å². The summed E-state index contributed by atoms with van der Waals surface area (Å²) in [6.07, 6.45) is 4.07. The van der Waals surface area contributed by atoms with Gasteiger partial charge in [-0.15, -0.1) is 0 Å². The fourth-order valence-electron chi connectivity index (χ4n) is 2.19. The Hall–Kier alpha value is -1.08. The van der Waals surface area contributed by atoms with Crippen molar-refractivity contribution in [3.63, 3.8) is 0 Å². The number of benzene rings is 1. The van der Waals surface area contributed by atoms with Crippen molar-refractivity contribution in [3.8, 4) is 0 Å². The molecule has 1 aromatic rings. The lowest BCUT2D eigenvalue weighted by Crippen LogP contribution is -2.34. The van der Waals surface area contributed by atoms with Crippen molar-refractivity contribution in [3.05, 3.63) is 42.0 Å². The minimum atomic E-state index is 0.116. The summed E-state index contributed by atoms with van der Waals surface area (Å²) in [5.74, 6) is 0. The molecule has 1 heteroatoms. The highest BCUT2D eigenvalue weighted by atomic mass is 14.6. The van der Waals surface area contributed by atoms with Gasteiger partial charge in [-0.25, -0.2) is 0 Å². The average Bonchev–Trinajstić information content (AvgIpc) is 2.33. The lowest BCUT2D eigenvalue weighted by molar-refractivity contribution is 0.406. The molecule has 0 spiro atoms. The molecule has 82 valence electrons. The van der Waals surface area contributed by atoms with Gasteiger partial charge in [0.1, 0.15) is 0 Å². The first-order valence-corrected chi connectivity index (χ1v) is 5.66. The van der Waals surface area contributed by atoms with Gasteiger partial charge in [0.15, 0.2) is 0 Å². The summed E-state index contributed by atoms with van der Waals surface area (Å²) in [5, 5.41) is 0. The van der Waals surface area contributed by atoms with Crippen molar-refractivity contribution >= 4 is 6.08 Å². The molecule has 0 atom stereocenters. The number of rotatable bonds is 5. The van der Waals surface area contributed by atoms with E-state index in [1.54, 1.807) is 0 Å². The third-order valence-electron chi connectivity index (χ3n) is 3.50. The first kappa shape index (κ1) is 12.0. The molecule has 0 aliphatic heterocycles. The Balaban J connectivity index is 3.27. The first-order valence-electron chi connectivity index (χ1n) is 5.66. The maximum absolute atomic E-state index is 5.95. The third-order valence-corrected chi connectivity index (χ3v) is 3.50. The molecule has 0 aromatic heterocycles. The molecule has 1 aromatic carbocycles. The molecule has 0 radical (unpaired) electrons. The topological polar surface area (TPSA) is 26.0 Å². The van der Waals surface area contributed by atoms with Crippen LogP contribution in [0.1, 0.15) is 37.8 Å². The van der Waals surface area contributed by atoms with E-state index < -0.39 is 0 Å². The summed E-state index contributed by atoms with van der Waals surface area (Å²) >= 11 is 0. The maximum Gasteiger partial charge on any atom is 0.00762 e. The van der Waals surface area contributed by atoms with Gasteiger partial charge in [0.2, 0.25) is 0 Å². The maximum atomic E-state index is 5.95. The second-order valence-electron chi connectivity index (χ2n) is 3.98. The highest BCUT2D eigenvalue weighted by molar-refractivity contribution is 5.54. The second-order valence-corrected chi connectivity index (χ2v) is 3.98. The van der Waals surface area contributed by atoms with Crippen LogP contribution in [0.3, 0.4) is 0 Å². The van der Waals surface area contributed by atoms with E-state index in [1.807, 2.05) is 12.1 Å². The van der Waals surface area contributed by atoms with Gasteiger partial charge in [-0.3, -0.25) is 0 Å². The molecule has 0 amide bonds. The highest BCUT2D eigenvalue weighted by Crippen LogP contribution is 2.33. The van der Waals surface area contributed by atoms with E-state index >= 15 is 0 Å². The molecule has 1 nitrogen and oxygen atoms in total. The van der Waals surface area contributed by atoms with Gasteiger partial charge in [-0.2, -0.15) is 0 Å². The van der Waals surface area contributed by atoms with E-state index in [2.05, 4.69) is 38.6 Å². The molecule has 0 saturated carbocycles. The largest absolute Gasteiger partial charge is 0.330 e. The molecule has 0 fully saturated rings. The van der Waals surface area contributed by atoms with Crippen LogP contribution in [0.2, 0.25) is 0 Å². The summed E-state index contributed by atoms with van der Waals surface area (Å²) in [7, 11) is 0. The number of hydrogen-bond donors (Lipinski definition) is 1. The normalized spacial score (nSPS) is 11.4. The van der Waals surface area contributed by atoms with Crippen LogP contribution < -0.4 is 5.73 Å². The average molecular weight is 203 g/mol.